The molecule has 0 unspecified atom stereocenters. The van der Waals surface area contributed by atoms with Crippen LogP contribution in [0.3, 0.4) is 0 Å². The van der Waals surface area contributed by atoms with Crippen molar-refractivity contribution >= 4 is 27.2 Å². The highest BCUT2D eigenvalue weighted by molar-refractivity contribution is 7.92. The predicted molar refractivity (Wildman–Crippen MR) is 113 cm³/mol. The molecule has 28 heavy (non-hydrogen) atoms. The Labute approximate surface area is 166 Å². The van der Waals surface area contributed by atoms with Crippen LogP contribution < -0.4 is 9.62 Å². The van der Waals surface area contributed by atoms with Crippen molar-refractivity contribution in [2.24, 2.45) is 0 Å². The van der Waals surface area contributed by atoms with Crippen LogP contribution in [0, 0.1) is 0 Å². The first-order chi connectivity index (χ1) is 13.5. The topological polar surface area (TPSA) is 62.3 Å². The minimum atomic E-state index is -3.66. The van der Waals surface area contributed by atoms with Crippen molar-refractivity contribution in [3.8, 4) is 0 Å². The second-order valence-corrected chi connectivity index (χ2v) is 8.72. The van der Waals surface area contributed by atoms with Crippen LogP contribution in [-0.2, 0) is 22.9 Å². The minimum absolute atomic E-state index is 0.292. The van der Waals surface area contributed by atoms with Crippen LogP contribution in [0.25, 0.3) is 0 Å². The average molecular weight is 394 g/mol. The third-order valence-corrected chi connectivity index (χ3v) is 6.50. The zero-order valence-electron chi connectivity index (χ0n) is 15.8. The fourth-order valence-corrected chi connectivity index (χ4v) is 4.58. The van der Waals surface area contributed by atoms with E-state index in [2.05, 4.69) is 9.71 Å². The molecule has 4 rings (SSSR count). The number of benzene rings is 2. The van der Waals surface area contributed by atoms with Crippen molar-refractivity contribution in [1.82, 2.24) is 4.98 Å². The number of para-hydroxylation sites is 1. The van der Waals surface area contributed by atoms with Gasteiger partial charge in [-0.2, -0.15) is 0 Å². The number of nitrogens with zero attached hydrogens (tertiary/aromatic N) is 2. The quantitative estimate of drug-likeness (QED) is 0.692. The second-order valence-electron chi connectivity index (χ2n) is 7.04. The van der Waals surface area contributed by atoms with Crippen LogP contribution in [0.5, 0.6) is 0 Å². The van der Waals surface area contributed by atoms with E-state index >= 15 is 0 Å². The zero-order chi connectivity index (χ0) is 19.6. The molecule has 1 aliphatic carbocycles. The smallest absolute Gasteiger partial charge is 0.263 e. The Morgan fingerprint density at radius 2 is 1.64 bits per heavy atom. The maximum atomic E-state index is 12.8. The standard InChI is InChI=1S/C22H23N3O2S/c1-25(19-9-3-2-4-10-19)20-12-14-22(23-16-20)24-28(26,27)21-13-11-17-7-5-6-8-18(17)15-21/h2-4,9-16H,5-8H2,1H3,(H,23,24). The van der Waals surface area contributed by atoms with Gasteiger partial charge in [0.25, 0.3) is 10.0 Å². The van der Waals surface area contributed by atoms with Gasteiger partial charge in [0, 0.05) is 12.7 Å². The summed E-state index contributed by atoms with van der Waals surface area (Å²) in [6.07, 6.45) is 5.92. The van der Waals surface area contributed by atoms with E-state index in [9.17, 15) is 8.42 Å². The Morgan fingerprint density at radius 1 is 0.893 bits per heavy atom. The van der Waals surface area contributed by atoms with E-state index in [1.54, 1.807) is 24.4 Å². The number of nitrogens with one attached hydrogen (secondary N) is 1. The summed E-state index contributed by atoms with van der Waals surface area (Å²) < 4.78 is 28.1. The van der Waals surface area contributed by atoms with Gasteiger partial charge in [-0.05, 0) is 73.2 Å². The highest BCUT2D eigenvalue weighted by atomic mass is 32.2. The highest BCUT2D eigenvalue weighted by Crippen LogP contribution is 2.26. The van der Waals surface area contributed by atoms with E-state index in [1.165, 1.54) is 12.0 Å². The van der Waals surface area contributed by atoms with Gasteiger partial charge in [-0.3, -0.25) is 4.72 Å². The molecule has 1 heterocycles. The first-order valence-electron chi connectivity index (χ1n) is 9.42. The summed E-state index contributed by atoms with van der Waals surface area (Å²) in [6.45, 7) is 0. The van der Waals surface area contributed by atoms with Gasteiger partial charge >= 0.3 is 0 Å². The van der Waals surface area contributed by atoms with Crippen molar-refractivity contribution in [3.05, 3.63) is 78.0 Å². The highest BCUT2D eigenvalue weighted by Gasteiger charge is 2.18. The van der Waals surface area contributed by atoms with Crippen LogP contribution in [0.2, 0.25) is 0 Å². The number of hydrogen-bond acceptors (Lipinski definition) is 4. The molecule has 0 aliphatic heterocycles. The Hall–Kier alpha value is -2.86. The summed E-state index contributed by atoms with van der Waals surface area (Å²) >= 11 is 0. The molecule has 0 bridgehead atoms. The molecule has 0 amide bonds. The lowest BCUT2D eigenvalue weighted by atomic mass is 9.92. The van der Waals surface area contributed by atoms with E-state index < -0.39 is 10.0 Å². The molecule has 2 aromatic carbocycles. The zero-order valence-corrected chi connectivity index (χ0v) is 16.6. The molecule has 0 spiro atoms. The van der Waals surface area contributed by atoms with Crippen LogP contribution >= 0.6 is 0 Å². The lowest BCUT2D eigenvalue weighted by Crippen LogP contribution is -2.15. The second kappa shape index (κ2) is 7.64. The first-order valence-corrected chi connectivity index (χ1v) is 10.9. The van der Waals surface area contributed by atoms with Gasteiger partial charge in [0.05, 0.1) is 16.8 Å². The number of fused-ring (bicyclic) bond motifs is 1. The number of aromatic nitrogens is 1. The lowest BCUT2D eigenvalue weighted by molar-refractivity contribution is 0.600. The number of anilines is 3. The number of sulfonamides is 1. The summed E-state index contributed by atoms with van der Waals surface area (Å²) in [5, 5.41) is 0. The molecule has 0 fully saturated rings. The summed E-state index contributed by atoms with van der Waals surface area (Å²) in [7, 11) is -1.71. The predicted octanol–water partition coefficient (Wildman–Crippen LogP) is 4.53. The maximum absolute atomic E-state index is 12.8. The number of hydrogen-bond donors (Lipinski definition) is 1. The average Bonchev–Trinajstić information content (AvgIpc) is 2.74. The van der Waals surface area contributed by atoms with Crippen molar-refractivity contribution in [2.75, 3.05) is 16.7 Å². The fraction of sp³-hybridized carbons (Fsp3) is 0.227. The van der Waals surface area contributed by atoms with Gasteiger partial charge in [0.15, 0.2) is 0 Å². The summed E-state index contributed by atoms with van der Waals surface area (Å²) in [6, 6.07) is 18.9. The first kappa shape index (κ1) is 18.5. The van der Waals surface area contributed by atoms with Gasteiger partial charge in [-0.1, -0.05) is 24.3 Å². The third kappa shape index (κ3) is 3.87. The summed E-state index contributed by atoms with van der Waals surface area (Å²) in [5.41, 5.74) is 4.31. The molecule has 1 aromatic heterocycles. The van der Waals surface area contributed by atoms with Gasteiger partial charge in [-0.15, -0.1) is 0 Å². The maximum Gasteiger partial charge on any atom is 0.263 e. The van der Waals surface area contributed by atoms with Gasteiger partial charge in [-0.25, -0.2) is 13.4 Å². The molecule has 0 saturated carbocycles. The summed E-state index contributed by atoms with van der Waals surface area (Å²) in [4.78, 5) is 6.58. The van der Waals surface area contributed by atoms with E-state index in [1.807, 2.05) is 54.4 Å². The Morgan fingerprint density at radius 3 is 2.36 bits per heavy atom. The van der Waals surface area contributed by atoms with Crippen molar-refractivity contribution in [2.45, 2.75) is 30.6 Å². The van der Waals surface area contributed by atoms with Crippen molar-refractivity contribution < 1.29 is 8.42 Å². The Balaban J connectivity index is 1.52. The molecule has 5 nitrogen and oxygen atoms in total. The van der Waals surface area contributed by atoms with Crippen molar-refractivity contribution in [3.63, 3.8) is 0 Å². The molecule has 6 heteroatoms. The van der Waals surface area contributed by atoms with Crippen LogP contribution in [0.15, 0.2) is 71.8 Å². The molecular formula is C22H23N3O2S. The fourth-order valence-electron chi connectivity index (χ4n) is 3.52. The normalized spacial score (nSPS) is 13.6. The Bertz CT molecular complexity index is 1060. The summed E-state index contributed by atoms with van der Waals surface area (Å²) in [5.74, 6) is 0.308. The van der Waals surface area contributed by atoms with Gasteiger partial charge < -0.3 is 4.90 Å². The van der Waals surface area contributed by atoms with E-state index in [4.69, 9.17) is 0 Å². The van der Waals surface area contributed by atoms with E-state index in [0.29, 0.717) is 10.7 Å². The van der Waals surface area contributed by atoms with Crippen LogP contribution in [-0.4, -0.2) is 20.4 Å². The molecule has 3 aromatic rings. The monoisotopic (exact) mass is 393 g/mol. The lowest BCUT2D eigenvalue weighted by Gasteiger charge is -2.19. The molecule has 0 saturated heterocycles. The van der Waals surface area contributed by atoms with E-state index in [-0.39, 0.29) is 0 Å². The number of pyridine rings is 1. The molecule has 1 N–H and O–H groups in total. The van der Waals surface area contributed by atoms with Crippen LogP contribution in [0.4, 0.5) is 17.2 Å². The largest absolute Gasteiger partial charge is 0.343 e. The van der Waals surface area contributed by atoms with Gasteiger partial charge in [0.1, 0.15) is 5.82 Å². The molecular weight excluding hydrogens is 370 g/mol. The molecule has 0 atom stereocenters. The number of aryl methyl sites for hydroxylation is 2. The Kier molecular flexibility index (Phi) is 5.05. The van der Waals surface area contributed by atoms with Crippen molar-refractivity contribution in [1.29, 1.82) is 0 Å². The van der Waals surface area contributed by atoms with Gasteiger partial charge in [0.2, 0.25) is 0 Å². The molecule has 144 valence electrons. The molecule has 1 aliphatic rings. The van der Waals surface area contributed by atoms with Crippen LogP contribution in [0.1, 0.15) is 24.0 Å². The minimum Gasteiger partial charge on any atom is -0.343 e. The number of rotatable bonds is 5. The SMILES string of the molecule is CN(c1ccccc1)c1ccc(NS(=O)(=O)c2ccc3c(c2)CCCC3)nc1. The molecule has 0 radical (unpaired) electrons. The van der Waals surface area contributed by atoms with E-state index in [0.717, 1.165) is 36.2 Å². The third-order valence-electron chi connectivity index (χ3n) is 5.15.